The van der Waals surface area contributed by atoms with Gasteiger partial charge in [0.25, 0.3) is 15.9 Å². The van der Waals surface area contributed by atoms with Crippen molar-refractivity contribution < 1.29 is 23.1 Å². The van der Waals surface area contributed by atoms with Gasteiger partial charge in [-0.15, -0.1) is 0 Å². The maximum absolute atomic E-state index is 12.7. The van der Waals surface area contributed by atoms with Crippen LogP contribution in [0.4, 0.5) is 11.4 Å². The third-order valence-corrected chi connectivity index (χ3v) is 5.97. The van der Waals surface area contributed by atoms with E-state index in [-0.39, 0.29) is 27.9 Å². The summed E-state index contributed by atoms with van der Waals surface area (Å²) in [4.78, 5) is 23.4. The van der Waals surface area contributed by atoms with Gasteiger partial charge in [0.1, 0.15) is 5.75 Å². The minimum atomic E-state index is -3.99. The molecule has 3 aromatic rings. The summed E-state index contributed by atoms with van der Waals surface area (Å²) < 4.78 is 27.8. The van der Waals surface area contributed by atoms with Gasteiger partial charge in [0, 0.05) is 24.1 Å². The number of nitrogens with one attached hydrogen (secondary N) is 3. The largest absolute Gasteiger partial charge is 0.506 e. The molecule has 0 atom stereocenters. The molecular weight excluding hydrogens is 454 g/mol. The molecule has 0 unspecified atom stereocenters. The van der Waals surface area contributed by atoms with E-state index in [0.717, 1.165) is 11.6 Å². The first-order chi connectivity index (χ1) is 15.1. The number of amides is 2. The van der Waals surface area contributed by atoms with E-state index in [1.54, 1.807) is 42.5 Å². The molecule has 0 aliphatic carbocycles. The number of benzene rings is 3. The molecule has 0 spiro atoms. The van der Waals surface area contributed by atoms with Crippen molar-refractivity contribution in [3.63, 3.8) is 0 Å². The highest BCUT2D eigenvalue weighted by atomic mass is 35.5. The number of anilines is 2. The van der Waals surface area contributed by atoms with Gasteiger partial charge in [-0.1, -0.05) is 29.8 Å². The fourth-order valence-electron chi connectivity index (χ4n) is 2.74. The van der Waals surface area contributed by atoms with Crippen molar-refractivity contribution in [2.24, 2.45) is 0 Å². The second kappa shape index (κ2) is 9.71. The van der Waals surface area contributed by atoms with Crippen LogP contribution < -0.4 is 15.4 Å². The summed E-state index contributed by atoms with van der Waals surface area (Å²) >= 11 is 5.89. The zero-order valence-corrected chi connectivity index (χ0v) is 18.5. The van der Waals surface area contributed by atoms with Gasteiger partial charge >= 0.3 is 0 Å². The van der Waals surface area contributed by atoms with E-state index in [9.17, 15) is 23.1 Å². The van der Waals surface area contributed by atoms with Gasteiger partial charge in [-0.05, 0) is 54.1 Å². The Morgan fingerprint density at radius 3 is 2.38 bits per heavy atom. The highest BCUT2D eigenvalue weighted by Crippen LogP contribution is 2.28. The second-order valence-electron chi connectivity index (χ2n) is 6.86. The lowest BCUT2D eigenvalue weighted by atomic mass is 10.1. The van der Waals surface area contributed by atoms with Crippen molar-refractivity contribution in [1.29, 1.82) is 0 Å². The molecule has 0 aliphatic heterocycles. The number of phenols is 1. The minimum absolute atomic E-state index is 0.0636. The molecule has 10 heteroatoms. The summed E-state index contributed by atoms with van der Waals surface area (Å²) in [6.45, 7) is 1.74. The van der Waals surface area contributed by atoms with Crippen molar-refractivity contribution in [2.45, 2.75) is 18.4 Å². The van der Waals surface area contributed by atoms with Gasteiger partial charge in [-0.3, -0.25) is 14.3 Å². The molecule has 0 aromatic heterocycles. The molecule has 0 aliphatic rings. The van der Waals surface area contributed by atoms with Gasteiger partial charge in [0.15, 0.2) is 0 Å². The van der Waals surface area contributed by atoms with Crippen LogP contribution >= 0.6 is 11.6 Å². The van der Waals surface area contributed by atoms with Gasteiger partial charge in [-0.25, -0.2) is 8.42 Å². The Labute approximate surface area is 190 Å². The fourth-order valence-corrected chi connectivity index (χ4v) is 4.01. The quantitative estimate of drug-likeness (QED) is 0.389. The lowest BCUT2D eigenvalue weighted by Gasteiger charge is -2.12. The number of carbonyl (C=O) groups is 2. The predicted octanol–water partition coefficient (Wildman–Crippen LogP) is 3.73. The fraction of sp³-hybridized carbons (Fsp3) is 0.0909. The molecule has 0 bridgehead atoms. The van der Waals surface area contributed by atoms with E-state index in [4.69, 9.17) is 11.6 Å². The highest BCUT2D eigenvalue weighted by Gasteiger charge is 2.18. The second-order valence-corrected chi connectivity index (χ2v) is 8.97. The summed E-state index contributed by atoms with van der Waals surface area (Å²) in [6, 6.07) is 16.2. The summed E-state index contributed by atoms with van der Waals surface area (Å²) in [5.41, 5.74) is 1.31. The van der Waals surface area contributed by atoms with E-state index in [1.807, 2.05) is 0 Å². The van der Waals surface area contributed by atoms with Crippen LogP contribution in [0.15, 0.2) is 71.6 Å². The zero-order valence-electron chi connectivity index (χ0n) is 16.9. The third kappa shape index (κ3) is 5.99. The standard InChI is InChI=1S/C22H20ClN3O5S/c1-14(27)24-13-15-5-7-16(8-6-15)22(29)25-20-12-19(9-10-21(20)28)32(30,31)26-18-4-2-3-17(23)11-18/h2-12,26,28H,13H2,1H3,(H,24,27)(H,25,29). The maximum Gasteiger partial charge on any atom is 0.261 e. The van der Waals surface area contributed by atoms with Gasteiger partial charge < -0.3 is 15.7 Å². The number of halogens is 1. The smallest absolute Gasteiger partial charge is 0.261 e. The average molecular weight is 474 g/mol. The summed E-state index contributed by atoms with van der Waals surface area (Å²) in [6.07, 6.45) is 0. The van der Waals surface area contributed by atoms with Gasteiger partial charge in [-0.2, -0.15) is 0 Å². The Bertz CT molecular complexity index is 1260. The first-order valence-corrected chi connectivity index (χ1v) is 11.3. The van der Waals surface area contributed by atoms with Crippen LogP contribution in [0.2, 0.25) is 5.02 Å². The molecular formula is C22H20ClN3O5S. The van der Waals surface area contributed by atoms with Crippen LogP contribution in [0.25, 0.3) is 0 Å². The SMILES string of the molecule is CC(=O)NCc1ccc(C(=O)Nc2cc(S(=O)(=O)Nc3cccc(Cl)c3)ccc2O)cc1. The molecule has 8 nitrogen and oxygen atoms in total. The first kappa shape index (κ1) is 23.1. The van der Waals surface area contributed by atoms with Crippen LogP contribution in [-0.4, -0.2) is 25.3 Å². The Morgan fingerprint density at radius 1 is 1.00 bits per heavy atom. The summed E-state index contributed by atoms with van der Waals surface area (Å²) in [5.74, 6) is -0.993. The number of hydrogen-bond acceptors (Lipinski definition) is 5. The number of hydrogen-bond donors (Lipinski definition) is 4. The molecule has 0 heterocycles. The lowest BCUT2D eigenvalue weighted by molar-refractivity contribution is -0.119. The van der Waals surface area contributed by atoms with E-state index >= 15 is 0 Å². The van der Waals surface area contributed by atoms with Crippen molar-refractivity contribution >= 4 is 44.8 Å². The highest BCUT2D eigenvalue weighted by molar-refractivity contribution is 7.92. The minimum Gasteiger partial charge on any atom is -0.506 e. The molecule has 0 fully saturated rings. The van der Waals surface area contributed by atoms with Crippen LogP contribution in [0.5, 0.6) is 5.75 Å². The van der Waals surface area contributed by atoms with E-state index < -0.39 is 15.9 Å². The number of aromatic hydroxyl groups is 1. The molecule has 0 saturated carbocycles. The van der Waals surface area contributed by atoms with Gasteiger partial charge in [0.2, 0.25) is 5.91 Å². The normalized spacial score (nSPS) is 10.9. The molecule has 4 N–H and O–H groups in total. The number of phenolic OH excluding ortho intramolecular Hbond substituents is 1. The zero-order chi connectivity index (χ0) is 23.3. The summed E-state index contributed by atoms with van der Waals surface area (Å²) in [5, 5.41) is 15.6. The predicted molar refractivity (Wildman–Crippen MR) is 122 cm³/mol. The molecule has 166 valence electrons. The summed E-state index contributed by atoms with van der Waals surface area (Å²) in [7, 11) is -3.99. The number of carbonyl (C=O) groups excluding carboxylic acids is 2. The van der Waals surface area contributed by atoms with Crippen LogP contribution in [0.3, 0.4) is 0 Å². The van der Waals surface area contributed by atoms with Crippen molar-refractivity contribution in [3.8, 4) is 5.75 Å². The molecule has 32 heavy (non-hydrogen) atoms. The molecule has 3 rings (SSSR count). The van der Waals surface area contributed by atoms with E-state index in [1.165, 1.54) is 25.1 Å². The van der Waals surface area contributed by atoms with Crippen LogP contribution in [0.1, 0.15) is 22.8 Å². The van der Waals surface area contributed by atoms with Crippen molar-refractivity contribution in [2.75, 3.05) is 10.0 Å². The maximum atomic E-state index is 12.7. The number of rotatable bonds is 7. The lowest BCUT2D eigenvalue weighted by Crippen LogP contribution is -2.19. The Balaban J connectivity index is 1.76. The Hall–Kier alpha value is -3.56. The van der Waals surface area contributed by atoms with Gasteiger partial charge in [0.05, 0.1) is 16.3 Å². The monoisotopic (exact) mass is 473 g/mol. The van der Waals surface area contributed by atoms with Crippen molar-refractivity contribution in [1.82, 2.24) is 5.32 Å². The van der Waals surface area contributed by atoms with Crippen LogP contribution in [-0.2, 0) is 21.4 Å². The number of sulfonamides is 1. The molecule has 0 radical (unpaired) electrons. The molecule has 2 amide bonds. The van der Waals surface area contributed by atoms with E-state index in [2.05, 4.69) is 15.4 Å². The Kier molecular flexibility index (Phi) is 7.01. The molecule has 0 saturated heterocycles. The molecule has 3 aromatic carbocycles. The third-order valence-electron chi connectivity index (χ3n) is 4.36. The topological polar surface area (TPSA) is 125 Å². The van der Waals surface area contributed by atoms with Crippen LogP contribution in [0, 0.1) is 0 Å². The van der Waals surface area contributed by atoms with Crippen molar-refractivity contribution in [3.05, 3.63) is 82.9 Å². The average Bonchev–Trinajstić information content (AvgIpc) is 2.73. The Morgan fingerprint density at radius 2 is 1.72 bits per heavy atom. The van der Waals surface area contributed by atoms with E-state index in [0.29, 0.717) is 17.1 Å². The first-order valence-electron chi connectivity index (χ1n) is 9.40.